The Morgan fingerprint density at radius 3 is 2.19 bits per heavy atom. The zero-order chi connectivity index (χ0) is 12.5. The van der Waals surface area contributed by atoms with Crippen LogP contribution >= 0.6 is 0 Å². The molecule has 1 aromatic rings. The van der Waals surface area contributed by atoms with Gasteiger partial charge in [-0.15, -0.1) is 0 Å². The molecule has 1 aromatic heterocycles. The third kappa shape index (κ3) is 2.23. The highest BCUT2D eigenvalue weighted by atomic mass is 15.2. The Bertz CT molecular complexity index is 358. The summed E-state index contributed by atoms with van der Waals surface area (Å²) in [5.41, 5.74) is 7.32. The lowest BCUT2D eigenvalue weighted by Gasteiger charge is -2.25. The van der Waals surface area contributed by atoms with Crippen molar-refractivity contribution in [2.75, 3.05) is 5.73 Å². The molecule has 0 radical (unpaired) electrons. The van der Waals surface area contributed by atoms with E-state index in [0.29, 0.717) is 5.92 Å². The molecule has 16 heavy (non-hydrogen) atoms. The fraction of sp³-hybridized carbons (Fsp3) is 0.769. The largest absolute Gasteiger partial charge is 0.384 e. The topological polar surface area (TPSA) is 43.8 Å². The summed E-state index contributed by atoms with van der Waals surface area (Å²) >= 11 is 0. The number of hydrogen-bond acceptors (Lipinski definition) is 2. The van der Waals surface area contributed by atoms with Crippen LogP contribution in [-0.2, 0) is 12.0 Å². The Labute approximate surface area is 99.1 Å². The lowest BCUT2D eigenvalue weighted by Crippen LogP contribution is -2.25. The number of aromatic nitrogens is 2. The zero-order valence-electron chi connectivity index (χ0n) is 11.5. The predicted octanol–water partition coefficient (Wildman–Crippen LogP) is 3.30. The summed E-state index contributed by atoms with van der Waals surface area (Å²) in [4.78, 5) is 4.70. The van der Waals surface area contributed by atoms with Crippen molar-refractivity contribution in [1.29, 1.82) is 0 Å². The van der Waals surface area contributed by atoms with Gasteiger partial charge in [0.2, 0.25) is 0 Å². The van der Waals surface area contributed by atoms with Crippen molar-refractivity contribution in [3.63, 3.8) is 0 Å². The highest BCUT2D eigenvalue weighted by Crippen LogP contribution is 2.30. The Hall–Kier alpha value is -0.990. The number of nitrogen functional groups attached to an aromatic ring is 1. The first-order valence-electron chi connectivity index (χ1n) is 6.20. The van der Waals surface area contributed by atoms with Crippen molar-refractivity contribution in [3.05, 3.63) is 11.5 Å². The van der Waals surface area contributed by atoms with Crippen LogP contribution in [0.2, 0.25) is 0 Å². The van der Waals surface area contributed by atoms with E-state index in [0.717, 1.165) is 30.2 Å². The van der Waals surface area contributed by atoms with Gasteiger partial charge in [-0.2, -0.15) is 0 Å². The second-order valence-electron chi connectivity index (χ2n) is 5.47. The summed E-state index contributed by atoms with van der Waals surface area (Å²) in [6.07, 6.45) is 2.01. The van der Waals surface area contributed by atoms with Crippen LogP contribution in [0, 0.1) is 0 Å². The van der Waals surface area contributed by atoms with Crippen molar-refractivity contribution >= 4 is 5.82 Å². The van der Waals surface area contributed by atoms with Crippen molar-refractivity contribution in [3.8, 4) is 0 Å². The van der Waals surface area contributed by atoms with E-state index in [2.05, 4.69) is 46.1 Å². The third-order valence-electron chi connectivity index (χ3n) is 3.08. The molecular weight excluding hydrogens is 198 g/mol. The maximum absolute atomic E-state index is 6.24. The molecule has 3 heteroatoms. The van der Waals surface area contributed by atoms with Crippen molar-refractivity contribution in [2.24, 2.45) is 0 Å². The minimum absolute atomic E-state index is 0.00807. The van der Waals surface area contributed by atoms with Crippen LogP contribution in [0.4, 0.5) is 5.82 Å². The van der Waals surface area contributed by atoms with E-state index in [4.69, 9.17) is 10.7 Å². The SMILES string of the molecule is CCc1nc(C(C)CC)c(N)n1C(C)(C)C. The van der Waals surface area contributed by atoms with Crippen LogP contribution in [0.25, 0.3) is 0 Å². The Kier molecular flexibility index (Phi) is 3.66. The number of hydrogen-bond donors (Lipinski definition) is 1. The van der Waals surface area contributed by atoms with E-state index in [1.807, 2.05) is 0 Å². The molecule has 0 amide bonds. The van der Waals surface area contributed by atoms with Gasteiger partial charge in [0.1, 0.15) is 11.6 Å². The number of rotatable bonds is 3. The van der Waals surface area contributed by atoms with E-state index in [-0.39, 0.29) is 5.54 Å². The average Bonchev–Trinajstić information content (AvgIpc) is 2.53. The lowest BCUT2D eigenvalue weighted by molar-refractivity contribution is 0.389. The number of nitrogens with zero attached hydrogens (tertiary/aromatic N) is 2. The summed E-state index contributed by atoms with van der Waals surface area (Å²) in [5.74, 6) is 2.38. The fourth-order valence-electron chi connectivity index (χ4n) is 2.04. The smallest absolute Gasteiger partial charge is 0.127 e. The monoisotopic (exact) mass is 223 g/mol. The van der Waals surface area contributed by atoms with Gasteiger partial charge in [-0.05, 0) is 27.2 Å². The van der Waals surface area contributed by atoms with Gasteiger partial charge < -0.3 is 10.3 Å². The molecule has 0 fully saturated rings. The van der Waals surface area contributed by atoms with Gasteiger partial charge in [0.05, 0.1) is 5.69 Å². The molecule has 2 N–H and O–H groups in total. The van der Waals surface area contributed by atoms with Gasteiger partial charge in [-0.3, -0.25) is 0 Å². The minimum atomic E-state index is 0.00807. The molecule has 0 saturated carbocycles. The second kappa shape index (κ2) is 4.48. The van der Waals surface area contributed by atoms with Crippen LogP contribution in [0.5, 0.6) is 0 Å². The molecule has 92 valence electrons. The molecule has 1 atom stereocenters. The number of anilines is 1. The molecular formula is C13H25N3. The first-order chi connectivity index (χ1) is 7.32. The first kappa shape index (κ1) is 13.1. The van der Waals surface area contributed by atoms with Crippen LogP contribution in [0.1, 0.15) is 65.4 Å². The standard InChI is InChI=1S/C13H25N3/c1-7-9(3)11-12(14)16(13(4,5)6)10(8-2)15-11/h9H,7-8,14H2,1-6H3. The number of aryl methyl sites for hydroxylation is 1. The van der Waals surface area contributed by atoms with Gasteiger partial charge in [0.15, 0.2) is 0 Å². The van der Waals surface area contributed by atoms with Crippen LogP contribution in [0.15, 0.2) is 0 Å². The molecule has 1 heterocycles. The van der Waals surface area contributed by atoms with E-state index < -0.39 is 0 Å². The second-order valence-corrected chi connectivity index (χ2v) is 5.47. The van der Waals surface area contributed by atoms with E-state index in [9.17, 15) is 0 Å². The Morgan fingerprint density at radius 2 is 1.88 bits per heavy atom. The maximum atomic E-state index is 6.24. The third-order valence-corrected chi connectivity index (χ3v) is 3.08. The predicted molar refractivity (Wildman–Crippen MR) is 69.7 cm³/mol. The van der Waals surface area contributed by atoms with Crippen LogP contribution < -0.4 is 5.73 Å². The highest BCUT2D eigenvalue weighted by Gasteiger charge is 2.24. The Morgan fingerprint density at radius 1 is 1.31 bits per heavy atom. The van der Waals surface area contributed by atoms with Gasteiger partial charge in [-0.25, -0.2) is 4.98 Å². The Balaban J connectivity index is 3.33. The molecule has 0 aliphatic heterocycles. The summed E-state index contributed by atoms with van der Waals surface area (Å²) in [7, 11) is 0. The molecule has 0 saturated heterocycles. The van der Waals surface area contributed by atoms with Gasteiger partial charge in [-0.1, -0.05) is 20.8 Å². The molecule has 0 spiro atoms. The van der Waals surface area contributed by atoms with Crippen molar-refractivity contribution in [1.82, 2.24) is 9.55 Å². The van der Waals surface area contributed by atoms with Gasteiger partial charge in [0.25, 0.3) is 0 Å². The fourth-order valence-corrected chi connectivity index (χ4v) is 2.04. The summed E-state index contributed by atoms with van der Waals surface area (Å²) in [6.45, 7) is 13.0. The van der Waals surface area contributed by atoms with E-state index >= 15 is 0 Å². The summed E-state index contributed by atoms with van der Waals surface area (Å²) in [5, 5.41) is 0. The van der Waals surface area contributed by atoms with Crippen LogP contribution in [0.3, 0.4) is 0 Å². The van der Waals surface area contributed by atoms with E-state index in [1.54, 1.807) is 0 Å². The van der Waals surface area contributed by atoms with Gasteiger partial charge in [0, 0.05) is 17.9 Å². The first-order valence-corrected chi connectivity index (χ1v) is 6.20. The molecule has 1 unspecified atom stereocenters. The molecule has 0 aromatic carbocycles. The number of nitrogens with two attached hydrogens (primary N) is 1. The molecule has 0 aliphatic carbocycles. The highest BCUT2D eigenvalue weighted by molar-refractivity contribution is 5.41. The molecule has 0 aliphatic rings. The van der Waals surface area contributed by atoms with Crippen molar-refractivity contribution < 1.29 is 0 Å². The average molecular weight is 223 g/mol. The summed E-state index contributed by atoms with van der Waals surface area (Å²) in [6, 6.07) is 0. The molecule has 0 bridgehead atoms. The molecule has 1 rings (SSSR count). The number of imidazole rings is 1. The van der Waals surface area contributed by atoms with E-state index in [1.165, 1.54) is 0 Å². The quantitative estimate of drug-likeness (QED) is 0.854. The maximum Gasteiger partial charge on any atom is 0.127 e. The summed E-state index contributed by atoms with van der Waals surface area (Å²) < 4.78 is 2.18. The van der Waals surface area contributed by atoms with Crippen LogP contribution in [-0.4, -0.2) is 9.55 Å². The lowest BCUT2D eigenvalue weighted by atomic mass is 10.0. The van der Waals surface area contributed by atoms with Crippen molar-refractivity contribution in [2.45, 2.75) is 65.8 Å². The molecule has 3 nitrogen and oxygen atoms in total. The normalized spacial score (nSPS) is 14.1. The van der Waals surface area contributed by atoms with Gasteiger partial charge >= 0.3 is 0 Å². The minimum Gasteiger partial charge on any atom is -0.384 e. The zero-order valence-corrected chi connectivity index (χ0v) is 11.5.